The number of carbonyl (C=O) groups excluding carboxylic acids is 1. The van der Waals surface area contributed by atoms with E-state index in [0.29, 0.717) is 18.2 Å². The van der Waals surface area contributed by atoms with Crippen molar-refractivity contribution < 1.29 is 9.53 Å². The van der Waals surface area contributed by atoms with Crippen LogP contribution >= 0.6 is 0 Å². The van der Waals surface area contributed by atoms with Gasteiger partial charge in [0.15, 0.2) is 0 Å². The Morgan fingerprint density at radius 2 is 1.41 bits per heavy atom. The number of ether oxygens (including phenoxy) is 1. The number of carbonyl (C=O) groups is 1. The maximum Gasteiger partial charge on any atom is 0.410 e. The molecule has 130 valence electrons. The third kappa shape index (κ3) is 5.43. The maximum absolute atomic E-state index is 12.1. The second kappa shape index (κ2) is 7.64. The minimum absolute atomic E-state index is 0.190. The molecule has 0 aliphatic carbocycles. The molecule has 1 saturated heterocycles. The Balaban J connectivity index is 2.56. The highest BCUT2D eigenvalue weighted by atomic mass is 16.6. The van der Waals surface area contributed by atoms with Crippen molar-refractivity contribution in [2.24, 2.45) is 0 Å². The molecule has 1 rings (SSSR count). The average Bonchev–Trinajstić information content (AvgIpc) is 2.35. The van der Waals surface area contributed by atoms with E-state index in [9.17, 15) is 4.79 Å². The van der Waals surface area contributed by atoms with Gasteiger partial charge in [0, 0.05) is 38.3 Å². The van der Waals surface area contributed by atoms with Crippen LogP contribution in [-0.2, 0) is 4.74 Å². The van der Waals surface area contributed by atoms with Crippen molar-refractivity contribution in [2.45, 2.75) is 79.2 Å². The third-order valence-corrected chi connectivity index (χ3v) is 4.12. The van der Waals surface area contributed by atoms with Crippen molar-refractivity contribution in [3.63, 3.8) is 0 Å². The van der Waals surface area contributed by atoms with E-state index < -0.39 is 5.60 Å². The summed E-state index contributed by atoms with van der Waals surface area (Å²) in [6.07, 6.45) is 0.199. The predicted molar refractivity (Wildman–Crippen MR) is 91.0 cm³/mol. The van der Waals surface area contributed by atoms with Gasteiger partial charge in [-0.05, 0) is 55.4 Å². The van der Waals surface area contributed by atoms with Crippen LogP contribution in [0.2, 0.25) is 0 Å². The molecule has 0 aromatic rings. The Morgan fingerprint density at radius 3 is 1.77 bits per heavy atom. The SMILES string of the molecule is CC(C)N(C(C)C)C(C)N1CCN(C(=O)OC(C)(C)C)CC1. The van der Waals surface area contributed by atoms with Crippen molar-refractivity contribution in [1.82, 2.24) is 14.7 Å². The smallest absolute Gasteiger partial charge is 0.410 e. The lowest BCUT2D eigenvalue weighted by atomic mass is 10.2. The van der Waals surface area contributed by atoms with Gasteiger partial charge in [0.25, 0.3) is 0 Å². The second-order valence-corrected chi connectivity index (χ2v) is 7.77. The number of rotatable bonds is 4. The van der Waals surface area contributed by atoms with Crippen LogP contribution in [-0.4, -0.2) is 70.8 Å². The lowest BCUT2D eigenvalue weighted by Gasteiger charge is -2.45. The maximum atomic E-state index is 12.1. The van der Waals surface area contributed by atoms with Gasteiger partial charge in [0.1, 0.15) is 5.60 Å². The second-order valence-electron chi connectivity index (χ2n) is 7.77. The molecule has 0 spiro atoms. The summed E-state index contributed by atoms with van der Waals surface area (Å²) in [6.45, 7) is 20.2. The molecular weight excluding hydrogens is 278 g/mol. The highest BCUT2D eigenvalue weighted by Crippen LogP contribution is 2.17. The first kappa shape index (κ1) is 19.2. The van der Waals surface area contributed by atoms with Crippen molar-refractivity contribution in [2.75, 3.05) is 26.2 Å². The van der Waals surface area contributed by atoms with Gasteiger partial charge < -0.3 is 9.64 Å². The van der Waals surface area contributed by atoms with E-state index in [0.717, 1.165) is 26.2 Å². The van der Waals surface area contributed by atoms with Crippen molar-refractivity contribution >= 4 is 6.09 Å². The number of nitrogens with zero attached hydrogens (tertiary/aromatic N) is 3. The summed E-state index contributed by atoms with van der Waals surface area (Å²) in [7, 11) is 0. The van der Waals surface area contributed by atoms with Crippen LogP contribution in [0.5, 0.6) is 0 Å². The molecule has 0 radical (unpaired) electrons. The Hall–Kier alpha value is -0.810. The highest BCUT2D eigenvalue weighted by molar-refractivity contribution is 5.68. The fraction of sp³-hybridized carbons (Fsp3) is 0.941. The van der Waals surface area contributed by atoms with Gasteiger partial charge in [-0.1, -0.05) is 0 Å². The summed E-state index contributed by atoms with van der Waals surface area (Å²) in [5.74, 6) is 0. The van der Waals surface area contributed by atoms with Gasteiger partial charge in [0.2, 0.25) is 0 Å². The first-order chi connectivity index (χ1) is 10.0. The van der Waals surface area contributed by atoms with Crippen molar-refractivity contribution in [1.29, 1.82) is 0 Å². The van der Waals surface area contributed by atoms with Gasteiger partial charge in [0.05, 0.1) is 6.17 Å². The van der Waals surface area contributed by atoms with Crippen LogP contribution in [0, 0.1) is 0 Å². The number of piperazine rings is 1. The Labute approximate surface area is 136 Å². The zero-order chi connectivity index (χ0) is 17.1. The predicted octanol–water partition coefficient (Wildman–Crippen LogP) is 3.00. The van der Waals surface area contributed by atoms with Crippen LogP contribution in [0.25, 0.3) is 0 Å². The van der Waals surface area contributed by atoms with Gasteiger partial charge in [-0.2, -0.15) is 0 Å². The molecule has 1 heterocycles. The standard InChI is InChI=1S/C17H35N3O2/c1-13(2)20(14(3)4)15(5)18-9-11-19(12-10-18)16(21)22-17(6,7)8/h13-15H,9-12H2,1-8H3. The summed E-state index contributed by atoms with van der Waals surface area (Å²) < 4.78 is 5.45. The molecule has 0 N–H and O–H groups in total. The molecule has 0 aromatic carbocycles. The Kier molecular flexibility index (Phi) is 6.68. The summed E-state index contributed by atoms with van der Waals surface area (Å²) in [5, 5.41) is 0. The average molecular weight is 313 g/mol. The largest absolute Gasteiger partial charge is 0.444 e. The molecule has 0 bridgehead atoms. The fourth-order valence-corrected chi connectivity index (χ4v) is 3.25. The minimum atomic E-state index is -0.423. The molecule has 0 aromatic heterocycles. The fourth-order valence-electron chi connectivity index (χ4n) is 3.25. The molecule has 1 aliphatic rings. The molecule has 1 fully saturated rings. The highest BCUT2D eigenvalue weighted by Gasteiger charge is 2.30. The summed E-state index contributed by atoms with van der Waals surface area (Å²) in [5.41, 5.74) is -0.423. The molecule has 1 aliphatic heterocycles. The van der Waals surface area contributed by atoms with E-state index in [1.165, 1.54) is 0 Å². The van der Waals surface area contributed by atoms with Crippen LogP contribution in [0.3, 0.4) is 0 Å². The molecule has 0 saturated carbocycles. The third-order valence-electron chi connectivity index (χ3n) is 4.12. The van der Waals surface area contributed by atoms with E-state index in [-0.39, 0.29) is 6.09 Å². The molecule has 1 amide bonds. The van der Waals surface area contributed by atoms with Crippen LogP contribution < -0.4 is 0 Å². The van der Waals surface area contributed by atoms with Crippen LogP contribution in [0.4, 0.5) is 4.79 Å². The lowest BCUT2D eigenvalue weighted by molar-refractivity contribution is -0.0250. The van der Waals surface area contributed by atoms with Gasteiger partial charge in [-0.3, -0.25) is 9.80 Å². The van der Waals surface area contributed by atoms with Crippen LogP contribution in [0.15, 0.2) is 0 Å². The van der Waals surface area contributed by atoms with E-state index in [4.69, 9.17) is 4.74 Å². The number of hydrogen-bond acceptors (Lipinski definition) is 4. The van der Waals surface area contributed by atoms with E-state index in [1.807, 2.05) is 25.7 Å². The molecular formula is C17H35N3O2. The summed E-state index contributed by atoms with van der Waals surface area (Å²) in [6, 6.07) is 1.03. The van der Waals surface area contributed by atoms with Crippen molar-refractivity contribution in [3.8, 4) is 0 Å². The lowest BCUT2D eigenvalue weighted by Crippen LogP contribution is -2.58. The van der Waals surface area contributed by atoms with E-state index >= 15 is 0 Å². The molecule has 1 unspecified atom stereocenters. The normalized spacial score (nSPS) is 19.1. The number of hydrogen-bond donors (Lipinski definition) is 0. The zero-order valence-corrected chi connectivity index (χ0v) is 15.7. The van der Waals surface area contributed by atoms with Gasteiger partial charge >= 0.3 is 6.09 Å². The summed E-state index contributed by atoms with van der Waals surface area (Å²) in [4.78, 5) is 18.9. The van der Waals surface area contributed by atoms with E-state index in [2.05, 4.69) is 44.4 Å². The Bertz CT molecular complexity index is 347. The molecule has 1 atom stereocenters. The monoisotopic (exact) mass is 313 g/mol. The molecule has 5 nitrogen and oxygen atoms in total. The van der Waals surface area contributed by atoms with Crippen LogP contribution in [0.1, 0.15) is 55.4 Å². The molecule has 5 heteroatoms. The van der Waals surface area contributed by atoms with Gasteiger partial charge in [-0.15, -0.1) is 0 Å². The zero-order valence-electron chi connectivity index (χ0n) is 15.7. The Morgan fingerprint density at radius 1 is 0.955 bits per heavy atom. The topological polar surface area (TPSA) is 36.0 Å². The first-order valence-electron chi connectivity index (χ1n) is 8.52. The quantitative estimate of drug-likeness (QED) is 0.799. The van der Waals surface area contributed by atoms with E-state index in [1.54, 1.807) is 0 Å². The summed E-state index contributed by atoms with van der Waals surface area (Å²) >= 11 is 0. The molecule has 22 heavy (non-hydrogen) atoms. The minimum Gasteiger partial charge on any atom is -0.444 e. The van der Waals surface area contributed by atoms with Crippen molar-refractivity contribution in [3.05, 3.63) is 0 Å². The number of amides is 1. The first-order valence-corrected chi connectivity index (χ1v) is 8.52. The van der Waals surface area contributed by atoms with Gasteiger partial charge in [-0.25, -0.2) is 4.79 Å².